The van der Waals surface area contributed by atoms with Crippen LogP contribution in [0.4, 0.5) is 0 Å². The molecule has 45 heavy (non-hydrogen) atoms. The summed E-state index contributed by atoms with van der Waals surface area (Å²) in [6.45, 7) is 3.24. The van der Waals surface area contributed by atoms with Gasteiger partial charge >= 0.3 is 5.97 Å². The van der Waals surface area contributed by atoms with Crippen molar-refractivity contribution < 1.29 is 34.2 Å². The third-order valence-corrected chi connectivity index (χ3v) is 6.55. The average Bonchev–Trinajstić information content (AvgIpc) is 2.96. The Balaban J connectivity index is 5.88. The van der Waals surface area contributed by atoms with Crippen LogP contribution in [-0.4, -0.2) is 108 Å². The Bertz CT molecular complexity index is 1020. The van der Waals surface area contributed by atoms with Crippen molar-refractivity contribution in [2.75, 3.05) is 26.2 Å². The Morgan fingerprint density at radius 2 is 1.04 bits per heavy atom. The van der Waals surface area contributed by atoms with Crippen molar-refractivity contribution in [3.05, 3.63) is 0 Å². The summed E-state index contributed by atoms with van der Waals surface area (Å²) < 4.78 is 0. The Kier molecular flexibility index (Phi) is 20.2. The maximum absolute atomic E-state index is 13.4. The zero-order chi connectivity index (χ0) is 34.5. The molecule has 0 aliphatic carbocycles. The molecule has 19 heteroatoms. The number of aliphatic carboxylic acids is 1. The van der Waals surface area contributed by atoms with Crippen LogP contribution in [-0.2, 0) is 24.0 Å². The first-order valence-electron chi connectivity index (χ1n) is 14.8. The topological polar surface area (TPSA) is 355 Å². The molecular formula is C26H52N12O7. The SMILES string of the molecule is CC(C)[C@H](N)C(=O)N[C@@H](CO)C(=O)N[C@@H](CCCCN)C(=O)N[C@@H](CCCN=C(N)N)C(=O)N[C@@H](CCCN=C(N)N)C(=O)O. The zero-order valence-corrected chi connectivity index (χ0v) is 26.0. The van der Waals surface area contributed by atoms with Gasteiger partial charge in [-0.3, -0.25) is 29.2 Å². The first-order chi connectivity index (χ1) is 21.1. The van der Waals surface area contributed by atoms with Crippen LogP contribution in [0.5, 0.6) is 0 Å². The van der Waals surface area contributed by atoms with Crippen molar-refractivity contribution >= 4 is 41.5 Å². The van der Waals surface area contributed by atoms with Crippen LogP contribution in [0.15, 0.2) is 9.98 Å². The second-order valence-electron chi connectivity index (χ2n) is 10.7. The molecule has 0 aliphatic rings. The van der Waals surface area contributed by atoms with Gasteiger partial charge in [-0.05, 0) is 57.4 Å². The molecule has 0 spiro atoms. The summed E-state index contributed by atoms with van der Waals surface area (Å²) in [4.78, 5) is 71.5. The third kappa shape index (κ3) is 17.6. The number of carboxylic acids is 1. The average molecular weight is 645 g/mol. The number of nitrogens with one attached hydrogen (secondary N) is 4. The van der Waals surface area contributed by atoms with E-state index in [4.69, 9.17) is 34.4 Å². The maximum Gasteiger partial charge on any atom is 0.326 e. The smallest absolute Gasteiger partial charge is 0.326 e. The number of carbonyl (C=O) groups excluding carboxylic acids is 4. The maximum atomic E-state index is 13.4. The molecule has 0 radical (unpaired) electrons. The Morgan fingerprint density at radius 1 is 0.644 bits per heavy atom. The molecular weight excluding hydrogens is 592 g/mol. The van der Waals surface area contributed by atoms with E-state index in [2.05, 4.69) is 31.3 Å². The van der Waals surface area contributed by atoms with Gasteiger partial charge < -0.3 is 65.9 Å². The lowest BCUT2D eigenvalue weighted by Gasteiger charge is -2.26. The number of amides is 4. The fourth-order valence-electron chi connectivity index (χ4n) is 3.88. The molecule has 0 saturated heterocycles. The van der Waals surface area contributed by atoms with E-state index in [0.717, 1.165) is 0 Å². The number of carboxylic acid groups (broad SMARTS) is 1. The number of nitrogens with two attached hydrogens (primary N) is 6. The molecule has 0 aromatic heterocycles. The van der Waals surface area contributed by atoms with Crippen LogP contribution in [0.25, 0.3) is 0 Å². The highest BCUT2D eigenvalue weighted by Gasteiger charge is 2.31. The molecule has 0 aliphatic heterocycles. The van der Waals surface area contributed by atoms with Crippen molar-refractivity contribution in [2.24, 2.45) is 50.3 Å². The lowest BCUT2D eigenvalue weighted by Crippen LogP contribution is -2.59. The number of guanidine groups is 2. The molecule has 0 heterocycles. The van der Waals surface area contributed by atoms with Gasteiger partial charge in [0.1, 0.15) is 24.2 Å². The van der Waals surface area contributed by atoms with Crippen LogP contribution in [0.2, 0.25) is 0 Å². The quantitative estimate of drug-likeness (QED) is 0.0282. The number of aliphatic hydroxyl groups excluding tert-OH is 1. The van der Waals surface area contributed by atoms with E-state index in [1.807, 2.05) is 0 Å². The number of rotatable bonds is 23. The molecule has 4 amide bonds. The number of nitrogens with zero attached hydrogens (tertiary/aromatic N) is 2. The molecule has 0 unspecified atom stereocenters. The Hall–Kier alpha value is -4.23. The second kappa shape index (κ2) is 22.3. The molecule has 0 bridgehead atoms. The minimum Gasteiger partial charge on any atom is -0.480 e. The van der Waals surface area contributed by atoms with E-state index in [-0.39, 0.29) is 63.0 Å². The van der Waals surface area contributed by atoms with Gasteiger partial charge in [0.25, 0.3) is 0 Å². The number of aliphatic imine (C=N–C) groups is 2. The van der Waals surface area contributed by atoms with Crippen LogP contribution < -0.4 is 55.7 Å². The molecule has 0 saturated carbocycles. The largest absolute Gasteiger partial charge is 0.480 e. The molecule has 5 atom stereocenters. The first kappa shape index (κ1) is 40.8. The van der Waals surface area contributed by atoms with Gasteiger partial charge in [0, 0.05) is 13.1 Å². The third-order valence-electron chi connectivity index (χ3n) is 6.55. The summed E-state index contributed by atoms with van der Waals surface area (Å²) >= 11 is 0. The Labute approximate surface area is 262 Å². The normalized spacial score (nSPS) is 14.2. The lowest BCUT2D eigenvalue weighted by atomic mass is 10.0. The summed E-state index contributed by atoms with van der Waals surface area (Å²) in [6, 6.07) is -6.08. The molecule has 0 aromatic carbocycles. The summed E-state index contributed by atoms with van der Waals surface area (Å²) in [5.74, 6) is -4.94. The number of carbonyl (C=O) groups is 5. The van der Waals surface area contributed by atoms with Crippen molar-refractivity contribution in [3.63, 3.8) is 0 Å². The predicted octanol–water partition coefficient (Wildman–Crippen LogP) is -4.78. The van der Waals surface area contributed by atoms with E-state index in [9.17, 15) is 34.2 Å². The molecule has 0 aromatic rings. The van der Waals surface area contributed by atoms with Gasteiger partial charge in [0.05, 0.1) is 12.6 Å². The van der Waals surface area contributed by atoms with Crippen molar-refractivity contribution in [3.8, 4) is 0 Å². The number of hydrogen-bond acceptors (Lipinski definition) is 10. The first-order valence-corrected chi connectivity index (χ1v) is 14.8. The standard InChI is InChI=1S/C26H52N12O7/c1-14(2)19(28)23(43)38-18(13-39)22(42)36-15(7-3-4-10-27)20(40)35-16(8-5-11-33-25(29)30)21(41)37-17(24(44)45)9-6-12-34-26(31)32/h14-19,39H,3-13,27-28H2,1-2H3,(H,35,40)(H,36,42)(H,37,41)(H,38,43)(H,44,45)(H4,29,30,33)(H4,31,32,34)/t15-,16-,17-,18-,19-/m0/s1. The fraction of sp³-hybridized carbons (Fsp3) is 0.731. The highest BCUT2D eigenvalue weighted by atomic mass is 16.4. The van der Waals surface area contributed by atoms with Gasteiger partial charge in [-0.25, -0.2) is 4.79 Å². The number of hydrogen-bond donors (Lipinski definition) is 12. The van der Waals surface area contributed by atoms with Crippen LogP contribution in [0, 0.1) is 5.92 Å². The van der Waals surface area contributed by atoms with E-state index < -0.39 is 66.4 Å². The molecule has 19 nitrogen and oxygen atoms in total. The lowest BCUT2D eigenvalue weighted by molar-refractivity contribution is -0.142. The Morgan fingerprint density at radius 3 is 1.44 bits per heavy atom. The summed E-state index contributed by atoms with van der Waals surface area (Å²) in [5.41, 5.74) is 32.7. The summed E-state index contributed by atoms with van der Waals surface area (Å²) in [6.07, 6.45) is 1.54. The minimum atomic E-state index is -1.40. The summed E-state index contributed by atoms with van der Waals surface area (Å²) in [5, 5.41) is 29.3. The van der Waals surface area contributed by atoms with Gasteiger partial charge in [-0.1, -0.05) is 13.8 Å². The van der Waals surface area contributed by atoms with E-state index in [1.165, 1.54) is 0 Å². The van der Waals surface area contributed by atoms with Crippen molar-refractivity contribution in [1.29, 1.82) is 0 Å². The van der Waals surface area contributed by atoms with E-state index in [1.54, 1.807) is 13.8 Å². The zero-order valence-electron chi connectivity index (χ0n) is 26.0. The number of unbranched alkanes of at least 4 members (excludes halogenated alkanes) is 1. The minimum absolute atomic E-state index is 0.000966. The predicted molar refractivity (Wildman–Crippen MR) is 168 cm³/mol. The van der Waals surface area contributed by atoms with E-state index in [0.29, 0.717) is 19.4 Å². The molecule has 0 rings (SSSR count). The molecule has 0 fully saturated rings. The highest BCUT2D eigenvalue weighted by molar-refractivity contribution is 5.95. The van der Waals surface area contributed by atoms with Crippen LogP contribution >= 0.6 is 0 Å². The molecule has 18 N–H and O–H groups in total. The van der Waals surface area contributed by atoms with Gasteiger partial charge in [-0.15, -0.1) is 0 Å². The summed E-state index contributed by atoms with van der Waals surface area (Å²) in [7, 11) is 0. The molecule has 258 valence electrons. The van der Waals surface area contributed by atoms with E-state index >= 15 is 0 Å². The van der Waals surface area contributed by atoms with Crippen molar-refractivity contribution in [2.45, 2.75) is 89.0 Å². The fourth-order valence-corrected chi connectivity index (χ4v) is 3.88. The van der Waals surface area contributed by atoms with Gasteiger partial charge in [0.15, 0.2) is 11.9 Å². The van der Waals surface area contributed by atoms with Crippen LogP contribution in [0.1, 0.15) is 58.8 Å². The van der Waals surface area contributed by atoms with Crippen LogP contribution in [0.3, 0.4) is 0 Å². The van der Waals surface area contributed by atoms with Gasteiger partial charge in [0.2, 0.25) is 23.6 Å². The number of aliphatic hydroxyl groups is 1. The highest BCUT2D eigenvalue weighted by Crippen LogP contribution is 2.07. The second-order valence-corrected chi connectivity index (χ2v) is 10.7. The monoisotopic (exact) mass is 644 g/mol. The van der Waals surface area contributed by atoms with Gasteiger partial charge in [-0.2, -0.15) is 0 Å². The van der Waals surface area contributed by atoms with Crippen molar-refractivity contribution in [1.82, 2.24) is 21.3 Å².